The summed E-state index contributed by atoms with van der Waals surface area (Å²) < 4.78 is 0. The minimum absolute atomic E-state index is 0.306. The number of carbonyl (C=O) groups is 1. The van der Waals surface area contributed by atoms with Crippen LogP contribution in [0.25, 0.3) is 10.9 Å². The highest BCUT2D eigenvalue weighted by atomic mass is 32.1. The lowest BCUT2D eigenvalue weighted by atomic mass is 10.0. The van der Waals surface area contributed by atoms with E-state index in [1.165, 1.54) is 0 Å². The SMILES string of the molecule is CCN(C#N)C(=O)C(Cc1c[nH]c2ccccc12)NC(=S)Nc1ccccc1. The molecule has 3 N–H and O–H groups in total. The Labute approximate surface area is 169 Å². The van der Waals surface area contributed by atoms with E-state index in [0.29, 0.717) is 18.1 Å². The van der Waals surface area contributed by atoms with Gasteiger partial charge in [0.05, 0.1) is 0 Å². The van der Waals surface area contributed by atoms with Gasteiger partial charge in [0, 0.05) is 35.8 Å². The van der Waals surface area contributed by atoms with Gasteiger partial charge >= 0.3 is 0 Å². The Bertz CT molecular complexity index is 1010. The summed E-state index contributed by atoms with van der Waals surface area (Å²) in [5.74, 6) is -0.313. The molecule has 1 atom stereocenters. The van der Waals surface area contributed by atoms with E-state index < -0.39 is 6.04 Å². The van der Waals surface area contributed by atoms with E-state index in [9.17, 15) is 10.1 Å². The largest absolute Gasteiger partial charge is 0.361 e. The number of hydrogen-bond acceptors (Lipinski definition) is 3. The van der Waals surface area contributed by atoms with Crippen molar-refractivity contribution in [2.24, 2.45) is 0 Å². The zero-order valence-corrected chi connectivity index (χ0v) is 16.3. The molecular formula is C21H21N5OS. The smallest absolute Gasteiger partial charge is 0.258 e. The number of carbonyl (C=O) groups excluding carboxylic acids is 1. The summed E-state index contributed by atoms with van der Waals surface area (Å²) in [6.45, 7) is 2.07. The minimum Gasteiger partial charge on any atom is -0.361 e. The van der Waals surface area contributed by atoms with Crippen LogP contribution in [0.4, 0.5) is 5.69 Å². The second kappa shape index (κ2) is 9.02. The number of rotatable bonds is 6. The van der Waals surface area contributed by atoms with Gasteiger partial charge in [0.2, 0.25) is 0 Å². The average molecular weight is 392 g/mol. The Morgan fingerprint density at radius 3 is 2.64 bits per heavy atom. The minimum atomic E-state index is -0.664. The van der Waals surface area contributed by atoms with E-state index in [-0.39, 0.29) is 5.91 Å². The van der Waals surface area contributed by atoms with Crippen LogP contribution < -0.4 is 10.6 Å². The van der Waals surface area contributed by atoms with Gasteiger partial charge in [-0.15, -0.1) is 0 Å². The fraction of sp³-hybridized carbons (Fsp3) is 0.190. The molecule has 1 heterocycles. The van der Waals surface area contributed by atoms with E-state index >= 15 is 0 Å². The standard InChI is InChI=1S/C21H21N5OS/c1-2-26(14-22)20(27)19(25-21(28)24-16-8-4-3-5-9-16)12-15-13-23-18-11-7-6-10-17(15)18/h3-11,13,19,23H,2,12H2,1H3,(H2,24,25,28). The maximum atomic E-state index is 12.9. The summed E-state index contributed by atoms with van der Waals surface area (Å²) >= 11 is 5.40. The number of fused-ring (bicyclic) bond motifs is 1. The zero-order valence-electron chi connectivity index (χ0n) is 15.5. The molecule has 1 unspecified atom stereocenters. The monoisotopic (exact) mass is 391 g/mol. The number of amides is 1. The number of H-pyrrole nitrogens is 1. The molecule has 1 aromatic heterocycles. The van der Waals surface area contributed by atoms with Gasteiger partial charge < -0.3 is 15.6 Å². The molecular weight excluding hydrogens is 370 g/mol. The molecule has 3 rings (SSSR count). The van der Waals surface area contributed by atoms with Gasteiger partial charge in [-0.3, -0.25) is 4.79 Å². The molecule has 0 bridgehead atoms. The van der Waals surface area contributed by atoms with Crippen LogP contribution in [0.2, 0.25) is 0 Å². The summed E-state index contributed by atoms with van der Waals surface area (Å²) in [6, 6.07) is 16.7. The molecule has 7 heteroatoms. The number of nitrogens with zero attached hydrogens (tertiary/aromatic N) is 2. The Kier molecular flexibility index (Phi) is 6.25. The van der Waals surface area contributed by atoms with Crippen molar-refractivity contribution in [3.8, 4) is 6.19 Å². The molecule has 1 amide bonds. The van der Waals surface area contributed by atoms with Gasteiger partial charge in [-0.2, -0.15) is 5.26 Å². The van der Waals surface area contributed by atoms with E-state index in [2.05, 4.69) is 15.6 Å². The van der Waals surface area contributed by atoms with Crippen molar-refractivity contribution < 1.29 is 4.79 Å². The van der Waals surface area contributed by atoms with Gasteiger partial charge in [-0.05, 0) is 42.9 Å². The molecule has 142 valence electrons. The van der Waals surface area contributed by atoms with Crippen LogP contribution in [0.1, 0.15) is 12.5 Å². The first-order valence-corrected chi connectivity index (χ1v) is 9.42. The predicted molar refractivity (Wildman–Crippen MR) is 115 cm³/mol. The Balaban J connectivity index is 1.81. The average Bonchev–Trinajstić information content (AvgIpc) is 3.12. The Hall–Kier alpha value is -3.37. The quantitative estimate of drug-likeness (QED) is 0.341. The fourth-order valence-corrected chi connectivity index (χ4v) is 3.29. The molecule has 0 aliphatic heterocycles. The van der Waals surface area contributed by atoms with Crippen LogP contribution in [-0.2, 0) is 11.2 Å². The number of likely N-dealkylation sites (N-methyl/N-ethyl adjacent to an activating group) is 1. The zero-order chi connectivity index (χ0) is 19.9. The Morgan fingerprint density at radius 2 is 1.93 bits per heavy atom. The van der Waals surface area contributed by atoms with Crippen molar-refractivity contribution in [3.05, 3.63) is 66.4 Å². The maximum absolute atomic E-state index is 12.9. The third-order valence-corrected chi connectivity index (χ3v) is 4.66. The lowest BCUT2D eigenvalue weighted by Crippen LogP contribution is -2.49. The number of nitrogens with one attached hydrogen (secondary N) is 3. The number of para-hydroxylation sites is 2. The van der Waals surface area contributed by atoms with Crippen LogP contribution in [0.15, 0.2) is 60.8 Å². The molecule has 28 heavy (non-hydrogen) atoms. The topological polar surface area (TPSA) is 84.0 Å². The molecule has 6 nitrogen and oxygen atoms in total. The highest BCUT2D eigenvalue weighted by Gasteiger charge is 2.25. The number of aromatic nitrogens is 1. The van der Waals surface area contributed by atoms with Crippen molar-refractivity contribution in [2.75, 3.05) is 11.9 Å². The predicted octanol–water partition coefficient (Wildman–Crippen LogP) is 3.40. The number of thiocarbonyl (C=S) groups is 1. The van der Waals surface area contributed by atoms with Gasteiger partial charge in [-0.1, -0.05) is 36.4 Å². The third-order valence-electron chi connectivity index (χ3n) is 4.44. The van der Waals surface area contributed by atoms with Crippen LogP contribution in [0.5, 0.6) is 0 Å². The number of anilines is 1. The summed E-state index contributed by atoms with van der Waals surface area (Å²) in [7, 11) is 0. The van der Waals surface area contributed by atoms with Gasteiger partial charge in [0.15, 0.2) is 11.3 Å². The van der Waals surface area contributed by atoms with E-state index in [0.717, 1.165) is 27.1 Å². The van der Waals surface area contributed by atoms with Gasteiger partial charge in [0.1, 0.15) is 6.04 Å². The first-order valence-electron chi connectivity index (χ1n) is 9.01. The maximum Gasteiger partial charge on any atom is 0.258 e. The van der Waals surface area contributed by atoms with Crippen LogP contribution >= 0.6 is 12.2 Å². The summed E-state index contributed by atoms with van der Waals surface area (Å²) in [5.41, 5.74) is 2.81. The normalized spacial score (nSPS) is 11.4. The number of benzene rings is 2. The first-order chi connectivity index (χ1) is 13.6. The lowest BCUT2D eigenvalue weighted by Gasteiger charge is -2.23. The molecule has 0 fully saturated rings. The molecule has 0 aliphatic carbocycles. The van der Waals surface area contributed by atoms with Gasteiger partial charge in [-0.25, -0.2) is 4.90 Å². The van der Waals surface area contributed by atoms with Crippen molar-refractivity contribution in [1.29, 1.82) is 5.26 Å². The third kappa shape index (κ3) is 4.48. The van der Waals surface area contributed by atoms with Gasteiger partial charge in [0.25, 0.3) is 5.91 Å². The summed E-state index contributed by atoms with van der Waals surface area (Å²) in [6.07, 6.45) is 4.24. The molecule has 2 aromatic carbocycles. The van der Waals surface area contributed by atoms with E-state index in [1.54, 1.807) is 6.92 Å². The molecule has 0 spiro atoms. The molecule has 0 aliphatic rings. The van der Waals surface area contributed by atoms with E-state index in [1.807, 2.05) is 67.0 Å². The van der Waals surface area contributed by atoms with Crippen molar-refractivity contribution in [1.82, 2.24) is 15.2 Å². The summed E-state index contributed by atoms with van der Waals surface area (Å²) in [4.78, 5) is 17.3. The first kappa shape index (κ1) is 19.4. The lowest BCUT2D eigenvalue weighted by molar-refractivity contribution is -0.129. The van der Waals surface area contributed by atoms with Crippen LogP contribution in [-0.4, -0.2) is 33.5 Å². The highest BCUT2D eigenvalue weighted by Crippen LogP contribution is 2.19. The second-order valence-corrected chi connectivity index (χ2v) is 6.67. The number of aromatic amines is 1. The van der Waals surface area contributed by atoms with Crippen molar-refractivity contribution >= 4 is 39.8 Å². The molecule has 0 saturated carbocycles. The molecule has 3 aromatic rings. The second-order valence-electron chi connectivity index (χ2n) is 6.26. The van der Waals surface area contributed by atoms with Crippen molar-refractivity contribution in [2.45, 2.75) is 19.4 Å². The number of nitriles is 1. The van der Waals surface area contributed by atoms with Crippen molar-refractivity contribution in [3.63, 3.8) is 0 Å². The van der Waals surface area contributed by atoms with Crippen LogP contribution in [0, 0.1) is 11.5 Å². The number of hydrogen-bond donors (Lipinski definition) is 3. The summed E-state index contributed by atoms with van der Waals surface area (Å²) in [5, 5.41) is 16.8. The van der Waals surface area contributed by atoms with E-state index in [4.69, 9.17) is 12.2 Å². The molecule has 0 radical (unpaired) electrons. The highest BCUT2D eigenvalue weighted by molar-refractivity contribution is 7.80. The molecule has 0 saturated heterocycles. The van der Waals surface area contributed by atoms with Crippen LogP contribution in [0.3, 0.4) is 0 Å². The Morgan fingerprint density at radius 1 is 1.21 bits per heavy atom. The fourth-order valence-electron chi connectivity index (χ4n) is 3.03.